The minimum absolute atomic E-state index is 0.132. The summed E-state index contributed by atoms with van der Waals surface area (Å²) < 4.78 is 0. The number of carbonyl (C=O) groups is 2. The Balaban J connectivity index is 0.000000164. The van der Waals surface area contributed by atoms with Crippen molar-refractivity contribution in [2.45, 2.75) is 18.8 Å². The van der Waals surface area contributed by atoms with Crippen LogP contribution in [-0.2, 0) is 16.0 Å². The highest BCUT2D eigenvalue weighted by molar-refractivity contribution is 6.63. The lowest BCUT2D eigenvalue weighted by molar-refractivity contribution is -0.138. The van der Waals surface area contributed by atoms with E-state index in [9.17, 15) is 9.59 Å². The second kappa shape index (κ2) is 7.76. The standard InChI is InChI=1S/C10H10O2.C8H7ClO/c11-10(12)9-6-8(9)7-4-2-1-3-5-7;9-8(10)6-7-4-2-1-3-5-7/h1-5,8-9H,6H2,(H,11,12);1-5H,6H2. The minimum Gasteiger partial charge on any atom is -0.481 e. The van der Waals surface area contributed by atoms with Crippen molar-refractivity contribution in [3.05, 3.63) is 71.8 Å². The van der Waals surface area contributed by atoms with E-state index in [-0.39, 0.29) is 17.1 Å². The van der Waals surface area contributed by atoms with Crippen LogP contribution in [0.4, 0.5) is 0 Å². The number of benzene rings is 2. The first-order chi connectivity index (χ1) is 10.6. The normalized spacial score (nSPS) is 18.8. The van der Waals surface area contributed by atoms with E-state index in [1.54, 1.807) is 0 Å². The van der Waals surface area contributed by atoms with Gasteiger partial charge in [-0.15, -0.1) is 0 Å². The first-order valence-electron chi connectivity index (χ1n) is 7.08. The molecule has 2 atom stereocenters. The van der Waals surface area contributed by atoms with Crippen LogP contribution in [0.5, 0.6) is 0 Å². The van der Waals surface area contributed by atoms with Gasteiger partial charge in [0.05, 0.1) is 5.92 Å². The van der Waals surface area contributed by atoms with Crippen LogP contribution in [0.25, 0.3) is 0 Å². The molecule has 2 unspecified atom stereocenters. The van der Waals surface area contributed by atoms with Crippen LogP contribution in [0.2, 0.25) is 0 Å². The minimum atomic E-state index is -0.663. The van der Waals surface area contributed by atoms with Crippen LogP contribution in [-0.4, -0.2) is 16.3 Å². The highest BCUT2D eigenvalue weighted by Crippen LogP contribution is 2.47. The van der Waals surface area contributed by atoms with Gasteiger partial charge in [-0.1, -0.05) is 60.7 Å². The molecule has 0 heterocycles. The molecule has 0 saturated heterocycles. The molecule has 22 heavy (non-hydrogen) atoms. The van der Waals surface area contributed by atoms with Gasteiger partial charge < -0.3 is 5.11 Å². The van der Waals surface area contributed by atoms with Gasteiger partial charge in [0, 0.05) is 6.42 Å². The predicted molar refractivity (Wildman–Crippen MR) is 85.9 cm³/mol. The molecule has 0 radical (unpaired) electrons. The zero-order chi connectivity index (χ0) is 15.9. The highest BCUT2D eigenvalue weighted by atomic mass is 35.5. The van der Waals surface area contributed by atoms with Crippen LogP contribution in [0.3, 0.4) is 0 Å². The SMILES string of the molecule is O=C(Cl)Cc1ccccc1.O=C(O)C1CC1c1ccccc1. The fourth-order valence-electron chi connectivity index (χ4n) is 2.29. The first-order valence-corrected chi connectivity index (χ1v) is 7.45. The van der Waals surface area contributed by atoms with Gasteiger partial charge in [-0.25, -0.2) is 0 Å². The van der Waals surface area contributed by atoms with E-state index < -0.39 is 5.97 Å². The molecule has 114 valence electrons. The third kappa shape index (κ3) is 5.01. The monoisotopic (exact) mass is 316 g/mol. The molecule has 4 heteroatoms. The molecule has 0 aliphatic heterocycles. The van der Waals surface area contributed by atoms with E-state index in [0.717, 1.165) is 17.5 Å². The van der Waals surface area contributed by atoms with Crippen molar-refractivity contribution in [2.24, 2.45) is 5.92 Å². The number of carboxylic acid groups (broad SMARTS) is 1. The topological polar surface area (TPSA) is 54.4 Å². The molecule has 1 aliphatic rings. The van der Waals surface area contributed by atoms with Gasteiger partial charge in [-0.3, -0.25) is 9.59 Å². The maximum atomic E-state index is 10.5. The Kier molecular flexibility index (Phi) is 5.73. The largest absolute Gasteiger partial charge is 0.481 e. The van der Waals surface area contributed by atoms with Crippen LogP contribution in [0, 0.1) is 5.92 Å². The summed E-state index contributed by atoms with van der Waals surface area (Å²) in [7, 11) is 0. The molecule has 0 bridgehead atoms. The van der Waals surface area contributed by atoms with Gasteiger partial charge in [0.2, 0.25) is 5.24 Å². The van der Waals surface area contributed by atoms with E-state index in [2.05, 4.69) is 0 Å². The summed E-state index contributed by atoms with van der Waals surface area (Å²) in [6.07, 6.45) is 1.13. The Bertz CT molecular complexity index is 625. The Labute approximate surface area is 134 Å². The van der Waals surface area contributed by atoms with Crippen LogP contribution in [0.1, 0.15) is 23.5 Å². The molecule has 3 nitrogen and oxygen atoms in total. The van der Waals surface area contributed by atoms with Gasteiger partial charge in [-0.05, 0) is 35.1 Å². The van der Waals surface area contributed by atoms with Gasteiger partial charge in [0.25, 0.3) is 0 Å². The number of aliphatic carboxylic acids is 1. The number of carboxylic acids is 1. The summed E-state index contributed by atoms with van der Waals surface area (Å²) >= 11 is 5.17. The lowest BCUT2D eigenvalue weighted by Crippen LogP contribution is -1.98. The van der Waals surface area contributed by atoms with E-state index in [4.69, 9.17) is 16.7 Å². The van der Waals surface area contributed by atoms with Crippen LogP contribution in [0.15, 0.2) is 60.7 Å². The molecular weight excluding hydrogens is 300 g/mol. The lowest BCUT2D eigenvalue weighted by atomic mass is 10.1. The Morgan fingerprint density at radius 2 is 1.55 bits per heavy atom. The molecule has 2 aromatic carbocycles. The van der Waals surface area contributed by atoms with Gasteiger partial charge in [0.15, 0.2) is 0 Å². The van der Waals surface area contributed by atoms with E-state index in [0.29, 0.717) is 6.42 Å². The van der Waals surface area contributed by atoms with Crippen molar-refractivity contribution in [3.63, 3.8) is 0 Å². The quantitative estimate of drug-likeness (QED) is 0.871. The van der Waals surface area contributed by atoms with Crippen molar-refractivity contribution >= 4 is 22.8 Å². The van der Waals surface area contributed by atoms with E-state index in [1.165, 1.54) is 0 Å². The zero-order valence-electron chi connectivity index (χ0n) is 12.0. The molecule has 0 spiro atoms. The fraction of sp³-hybridized carbons (Fsp3) is 0.222. The molecule has 1 aliphatic carbocycles. The lowest BCUT2D eigenvalue weighted by Gasteiger charge is -1.95. The van der Waals surface area contributed by atoms with E-state index >= 15 is 0 Å². The summed E-state index contributed by atoms with van der Waals surface area (Å²) in [5.41, 5.74) is 2.12. The average molecular weight is 317 g/mol. The molecular formula is C18H17ClO3. The van der Waals surface area contributed by atoms with Crippen molar-refractivity contribution in [1.29, 1.82) is 0 Å². The summed E-state index contributed by atoms with van der Waals surface area (Å²) in [5, 5.41) is 8.37. The molecule has 0 aromatic heterocycles. The molecule has 1 fully saturated rings. The second-order valence-corrected chi connectivity index (χ2v) is 5.64. The summed E-state index contributed by atoms with van der Waals surface area (Å²) in [5.74, 6) is -0.528. The van der Waals surface area contributed by atoms with Crippen LogP contribution < -0.4 is 0 Å². The van der Waals surface area contributed by atoms with Gasteiger partial charge in [0.1, 0.15) is 0 Å². The van der Waals surface area contributed by atoms with Crippen molar-refractivity contribution in [1.82, 2.24) is 0 Å². The Morgan fingerprint density at radius 3 is 2.00 bits per heavy atom. The number of halogens is 1. The molecule has 2 aromatic rings. The zero-order valence-corrected chi connectivity index (χ0v) is 12.7. The smallest absolute Gasteiger partial charge is 0.307 e. The Morgan fingerprint density at radius 1 is 1.00 bits per heavy atom. The second-order valence-electron chi connectivity index (χ2n) is 5.22. The van der Waals surface area contributed by atoms with Gasteiger partial charge >= 0.3 is 5.97 Å². The molecule has 3 rings (SSSR count). The summed E-state index contributed by atoms with van der Waals surface area (Å²) in [6, 6.07) is 19.3. The maximum absolute atomic E-state index is 10.5. The molecule has 1 N–H and O–H groups in total. The maximum Gasteiger partial charge on any atom is 0.307 e. The number of hydrogen-bond donors (Lipinski definition) is 1. The third-order valence-electron chi connectivity index (χ3n) is 3.52. The summed E-state index contributed by atoms with van der Waals surface area (Å²) in [4.78, 5) is 20.9. The number of rotatable bonds is 4. The Hall–Kier alpha value is -2.13. The average Bonchev–Trinajstić information content (AvgIpc) is 3.30. The number of carbonyl (C=O) groups excluding carboxylic acids is 1. The van der Waals surface area contributed by atoms with Gasteiger partial charge in [-0.2, -0.15) is 0 Å². The number of hydrogen-bond acceptors (Lipinski definition) is 2. The highest BCUT2D eigenvalue weighted by Gasteiger charge is 2.43. The fourth-order valence-corrected chi connectivity index (χ4v) is 2.45. The van der Waals surface area contributed by atoms with E-state index in [1.807, 2.05) is 60.7 Å². The third-order valence-corrected chi connectivity index (χ3v) is 3.65. The van der Waals surface area contributed by atoms with Crippen molar-refractivity contribution in [2.75, 3.05) is 0 Å². The predicted octanol–water partition coefficient (Wildman–Crippen LogP) is 3.87. The van der Waals surface area contributed by atoms with Crippen molar-refractivity contribution < 1.29 is 14.7 Å². The van der Waals surface area contributed by atoms with Crippen molar-refractivity contribution in [3.8, 4) is 0 Å². The summed E-state index contributed by atoms with van der Waals surface area (Å²) in [6.45, 7) is 0. The molecule has 1 saturated carbocycles. The first kappa shape index (κ1) is 16.2. The molecule has 0 amide bonds. The van der Waals surface area contributed by atoms with Crippen LogP contribution >= 0.6 is 11.6 Å².